The summed E-state index contributed by atoms with van der Waals surface area (Å²) in [4.78, 5) is 26.1. The van der Waals surface area contributed by atoms with Gasteiger partial charge in [-0.1, -0.05) is 35.9 Å². The predicted octanol–water partition coefficient (Wildman–Crippen LogP) is 3.47. The SMILES string of the molecule is COc1ccc(CN2C(=O)CC(Cc3ccc(Cl)cc3)C2=O)cc1. The van der Waals surface area contributed by atoms with Gasteiger partial charge in [0, 0.05) is 11.4 Å². The van der Waals surface area contributed by atoms with Crippen LogP contribution < -0.4 is 4.74 Å². The smallest absolute Gasteiger partial charge is 0.233 e. The molecule has 1 unspecified atom stereocenters. The highest BCUT2D eigenvalue weighted by Gasteiger charge is 2.38. The van der Waals surface area contributed by atoms with E-state index >= 15 is 0 Å². The number of methoxy groups -OCH3 is 1. The van der Waals surface area contributed by atoms with E-state index in [1.165, 1.54) is 4.90 Å². The van der Waals surface area contributed by atoms with E-state index in [-0.39, 0.29) is 24.2 Å². The Morgan fingerprint density at radius 1 is 1.04 bits per heavy atom. The lowest BCUT2D eigenvalue weighted by molar-refractivity contribution is -0.140. The molecule has 0 saturated carbocycles. The van der Waals surface area contributed by atoms with Gasteiger partial charge in [-0.2, -0.15) is 0 Å². The molecular formula is C19H18ClNO3. The van der Waals surface area contributed by atoms with Crippen molar-refractivity contribution < 1.29 is 14.3 Å². The quantitative estimate of drug-likeness (QED) is 0.781. The van der Waals surface area contributed by atoms with Gasteiger partial charge in [0.2, 0.25) is 11.8 Å². The number of ether oxygens (including phenoxy) is 1. The minimum absolute atomic E-state index is 0.106. The summed E-state index contributed by atoms with van der Waals surface area (Å²) in [5.74, 6) is 0.232. The molecule has 0 aromatic heterocycles. The highest BCUT2D eigenvalue weighted by molar-refractivity contribution is 6.30. The average molecular weight is 344 g/mol. The van der Waals surface area contributed by atoms with Gasteiger partial charge < -0.3 is 4.74 Å². The first-order valence-electron chi connectivity index (χ1n) is 7.78. The van der Waals surface area contributed by atoms with Gasteiger partial charge in [-0.25, -0.2) is 0 Å². The van der Waals surface area contributed by atoms with Crippen LogP contribution in [0, 0.1) is 5.92 Å². The van der Waals surface area contributed by atoms with Crippen LogP contribution in [0.25, 0.3) is 0 Å². The van der Waals surface area contributed by atoms with Crippen molar-refractivity contribution in [1.29, 1.82) is 0 Å². The van der Waals surface area contributed by atoms with Crippen molar-refractivity contribution in [2.45, 2.75) is 19.4 Å². The topological polar surface area (TPSA) is 46.6 Å². The average Bonchev–Trinajstić information content (AvgIpc) is 2.85. The van der Waals surface area contributed by atoms with Crippen LogP contribution in [-0.2, 0) is 22.6 Å². The second-order valence-electron chi connectivity index (χ2n) is 5.90. The molecule has 3 rings (SSSR count). The first-order chi connectivity index (χ1) is 11.6. The summed E-state index contributed by atoms with van der Waals surface area (Å²) < 4.78 is 5.12. The summed E-state index contributed by atoms with van der Waals surface area (Å²) >= 11 is 5.88. The molecule has 1 heterocycles. The first kappa shape index (κ1) is 16.5. The van der Waals surface area contributed by atoms with E-state index in [1.54, 1.807) is 19.2 Å². The lowest BCUT2D eigenvalue weighted by Crippen LogP contribution is -2.30. The molecule has 0 bridgehead atoms. The Morgan fingerprint density at radius 3 is 2.29 bits per heavy atom. The standard InChI is InChI=1S/C19H18ClNO3/c1-24-17-8-4-14(5-9-17)12-21-18(22)11-15(19(21)23)10-13-2-6-16(20)7-3-13/h2-9,15H,10-12H2,1H3. The molecule has 1 aliphatic heterocycles. The van der Waals surface area contributed by atoms with Crippen LogP contribution in [0.4, 0.5) is 0 Å². The Balaban J connectivity index is 1.67. The third-order valence-corrected chi connectivity index (χ3v) is 4.48. The Kier molecular flexibility index (Phi) is 4.86. The van der Waals surface area contributed by atoms with Crippen molar-refractivity contribution in [3.63, 3.8) is 0 Å². The number of rotatable bonds is 5. The molecule has 0 radical (unpaired) electrons. The van der Waals surface area contributed by atoms with Crippen LogP contribution in [0.2, 0.25) is 5.02 Å². The van der Waals surface area contributed by atoms with Gasteiger partial charge in [0.1, 0.15) is 5.75 Å². The van der Waals surface area contributed by atoms with E-state index in [4.69, 9.17) is 16.3 Å². The number of halogens is 1. The summed E-state index contributed by atoms with van der Waals surface area (Å²) in [5, 5.41) is 0.661. The largest absolute Gasteiger partial charge is 0.497 e. The zero-order chi connectivity index (χ0) is 17.1. The van der Waals surface area contributed by atoms with Gasteiger partial charge in [-0.15, -0.1) is 0 Å². The van der Waals surface area contributed by atoms with Crippen molar-refractivity contribution >= 4 is 23.4 Å². The van der Waals surface area contributed by atoms with Crippen LogP contribution >= 0.6 is 11.6 Å². The summed E-state index contributed by atoms with van der Waals surface area (Å²) in [5.41, 5.74) is 1.92. The van der Waals surface area contributed by atoms with Crippen molar-refractivity contribution in [2.24, 2.45) is 5.92 Å². The monoisotopic (exact) mass is 343 g/mol. The maximum atomic E-state index is 12.6. The van der Waals surface area contributed by atoms with Crippen molar-refractivity contribution in [2.75, 3.05) is 7.11 Å². The van der Waals surface area contributed by atoms with Crippen molar-refractivity contribution in [3.8, 4) is 5.75 Å². The van der Waals surface area contributed by atoms with Gasteiger partial charge in [-0.3, -0.25) is 14.5 Å². The first-order valence-corrected chi connectivity index (χ1v) is 8.16. The maximum absolute atomic E-state index is 12.6. The molecule has 0 N–H and O–H groups in total. The molecule has 4 nitrogen and oxygen atoms in total. The minimum Gasteiger partial charge on any atom is -0.497 e. The normalized spacial score (nSPS) is 17.4. The zero-order valence-electron chi connectivity index (χ0n) is 13.4. The summed E-state index contributed by atoms with van der Waals surface area (Å²) in [6, 6.07) is 14.8. The van der Waals surface area contributed by atoms with E-state index in [0.29, 0.717) is 18.0 Å². The second-order valence-corrected chi connectivity index (χ2v) is 6.33. The third kappa shape index (κ3) is 3.60. The van der Waals surface area contributed by atoms with Gasteiger partial charge in [0.15, 0.2) is 0 Å². The van der Waals surface area contributed by atoms with E-state index in [1.807, 2.05) is 36.4 Å². The van der Waals surface area contributed by atoms with Crippen LogP contribution in [0.15, 0.2) is 48.5 Å². The molecule has 1 saturated heterocycles. The highest BCUT2D eigenvalue weighted by Crippen LogP contribution is 2.26. The number of imide groups is 1. The number of benzene rings is 2. The number of carbonyl (C=O) groups is 2. The van der Waals surface area contributed by atoms with Gasteiger partial charge in [0.05, 0.1) is 19.6 Å². The van der Waals surface area contributed by atoms with Gasteiger partial charge in [-0.05, 0) is 41.8 Å². The molecule has 2 amide bonds. The number of hydrogen-bond donors (Lipinski definition) is 0. The molecule has 5 heteroatoms. The van der Waals surface area contributed by atoms with E-state index in [9.17, 15) is 9.59 Å². The molecule has 124 valence electrons. The third-order valence-electron chi connectivity index (χ3n) is 4.23. The second kappa shape index (κ2) is 7.05. The molecule has 2 aromatic carbocycles. The van der Waals surface area contributed by atoms with E-state index in [2.05, 4.69) is 0 Å². The summed E-state index contributed by atoms with van der Waals surface area (Å²) in [6.45, 7) is 0.304. The molecule has 0 aliphatic carbocycles. The lowest BCUT2D eigenvalue weighted by Gasteiger charge is -2.15. The van der Waals surface area contributed by atoms with Crippen LogP contribution in [-0.4, -0.2) is 23.8 Å². The van der Waals surface area contributed by atoms with Crippen molar-refractivity contribution in [3.05, 3.63) is 64.7 Å². The maximum Gasteiger partial charge on any atom is 0.233 e. The van der Waals surface area contributed by atoms with Crippen LogP contribution in [0.1, 0.15) is 17.5 Å². The fourth-order valence-electron chi connectivity index (χ4n) is 2.90. The Bertz CT molecular complexity index is 740. The zero-order valence-corrected chi connectivity index (χ0v) is 14.1. The summed E-state index contributed by atoms with van der Waals surface area (Å²) in [6.07, 6.45) is 0.818. The Morgan fingerprint density at radius 2 is 1.67 bits per heavy atom. The minimum atomic E-state index is -0.295. The molecule has 1 aliphatic rings. The number of carbonyl (C=O) groups excluding carboxylic acids is 2. The van der Waals surface area contributed by atoms with Gasteiger partial charge >= 0.3 is 0 Å². The van der Waals surface area contributed by atoms with Crippen molar-refractivity contribution in [1.82, 2.24) is 4.90 Å². The Hall–Kier alpha value is -2.33. The molecule has 1 atom stereocenters. The number of likely N-dealkylation sites (tertiary alicyclic amines) is 1. The van der Waals surface area contributed by atoms with E-state index < -0.39 is 0 Å². The Labute approximate surface area is 146 Å². The molecule has 1 fully saturated rings. The molecule has 2 aromatic rings. The number of hydrogen-bond acceptors (Lipinski definition) is 3. The molecule has 24 heavy (non-hydrogen) atoms. The fourth-order valence-corrected chi connectivity index (χ4v) is 3.02. The lowest BCUT2D eigenvalue weighted by atomic mass is 9.98. The summed E-state index contributed by atoms with van der Waals surface area (Å²) in [7, 11) is 1.60. The highest BCUT2D eigenvalue weighted by atomic mass is 35.5. The number of nitrogens with zero attached hydrogens (tertiary/aromatic N) is 1. The van der Waals surface area contributed by atoms with Crippen LogP contribution in [0.5, 0.6) is 5.75 Å². The van der Waals surface area contributed by atoms with Gasteiger partial charge in [0.25, 0.3) is 0 Å². The molecular weight excluding hydrogens is 326 g/mol. The predicted molar refractivity (Wildman–Crippen MR) is 91.8 cm³/mol. The fraction of sp³-hybridized carbons (Fsp3) is 0.263. The number of amides is 2. The molecule has 0 spiro atoms. The van der Waals surface area contributed by atoms with Crippen LogP contribution in [0.3, 0.4) is 0 Å². The van der Waals surface area contributed by atoms with E-state index in [0.717, 1.165) is 16.9 Å².